The summed E-state index contributed by atoms with van der Waals surface area (Å²) in [6, 6.07) is 15.9. The molecule has 0 aliphatic carbocycles. The molecular formula is C22H21NO6. The molecule has 1 aromatic heterocycles. The van der Waals surface area contributed by atoms with Gasteiger partial charge in [-0.1, -0.05) is 36.4 Å². The maximum atomic E-state index is 12.6. The van der Waals surface area contributed by atoms with E-state index in [1.807, 2.05) is 30.3 Å². The molecular weight excluding hydrogens is 374 g/mol. The lowest BCUT2D eigenvalue weighted by Gasteiger charge is -2.21. The Bertz CT molecular complexity index is 1050. The lowest BCUT2D eigenvalue weighted by molar-refractivity contribution is 0.173. The Morgan fingerprint density at radius 2 is 1.86 bits per heavy atom. The number of hydrogen-bond acceptors (Lipinski definition) is 6. The molecule has 0 saturated heterocycles. The monoisotopic (exact) mass is 395 g/mol. The number of nitrogens with zero attached hydrogens (tertiary/aromatic N) is 1. The quantitative estimate of drug-likeness (QED) is 0.638. The average Bonchev–Trinajstić information content (AvgIpc) is 3.22. The van der Waals surface area contributed by atoms with Crippen LogP contribution < -0.4 is 19.6 Å². The van der Waals surface area contributed by atoms with Gasteiger partial charge in [-0.2, -0.15) is 0 Å². The van der Waals surface area contributed by atoms with Crippen LogP contribution in [0.25, 0.3) is 0 Å². The molecule has 7 nitrogen and oxygen atoms in total. The topological polar surface area (TPSA) is 90.2 Å². The molecule has 0 saturated carbocycles. The van der Waals surface area contributed by atoms with Crippen LogP contribution in [0.1, 0.15) is 22.9 Å². The standard InChI is InChI=1S/C22H21NO6/c24-11-10-23-9-8-17(25)22(27-13-15-4-2-1-3-5-15)20(23)21(26)16-6-7-18-19(12-16)29-14-28-18/h1-9,12,21,24,26H,10-11,13-14H2. The Hall–Kier alpha value is -3.29. The maximum Gasteiger partial charge on any atom is 0.231 e. The molecule has 1 aliphatic rings. The van der Waals surface area contributed by atoms with Crippen LogP contribution in [0.2, 0.25) is 0 Å². The van der Waals surface area contributed by atoms with Gasteiger partial charge in [0.2, 0.25) is 12.2 Å². The number of aliphatic hydroxyl groups is 2. The van der Waals surface area contributed by atoms with Crippen LogP contribution in [0, 0.1) is 0 Å². The Kier molecular flexibility index (Phi) is 5.50. The van der Waals surface area contributed by atoms with Gasteiger partial charge in [0.15, 0.2) is 17.2 Å². The van der Waals surface area contributed by atoms with Crippen molar-refractivity contribution in [2.24, 2.45) is 0 Å². The van der Waals surface area contributed by atoms with Gasteiger partial charge < -0.3 is 29.0 Å². The van der Waals surface area contributed by atoms with Gasteiger partial charge in [0.05, 0.1) is 12.3 Å². The van der Waals surface area contributed by atoms with E-state index in [2.05, 4.69) is 0 Å². The number of aliphatic hydroxyl groups excluding tert-OH is 2. The van der Waals surface area contributed by atoms with E-state index in [9.17, 15) is 15.0 Å². The second-order valence-electron chi connectivity index (χ2n) is 6.60. The molecule has 3 aromatic rings. The van der Waals surface area contributed by atoms with Crippen LogP contribution in [0.4, 0.5) is 0 Å². The second kappa shape index (κ2) is 8.38. The minimum atomic E-state index is -1.16. The highest BCUT2D eigenvalue weighted by Gasteiger charge is 2.24. The van der Waals surface area contributed by atoms with Gasteiger partial charge in [0.1, 0.15) is 12.7 Å². The van der Waals surface area contributed by atoms with Crippen LogP contribution in [-0.2, 0) is 13.2 Å². The van der Waals surface area contributed by atoms with Gasteiger partial charge in [-0.25, -0.2) is 0 Å². The van der Waals surface area contributed by atoms with Crippen molar-refractivity contribution >= 4 is 0 Å². The van der Waals surface area contributed by atoms with Crippen LogP contribution in [0.3, 0.4) is 0 Å². The zero-order valence-corrected chi connectivity index (χ0v) is 15.7. The van der Waals surface area contributed by atoms with Gasteiger partial charge in [-0.15, -0.1) is 0 Å². The molecule has 7 heteroatoms. The largest absolute Gasteiger partial charge is 0.483 e. The van der Waals surface area contributed by atoms with Crippen molar-refractivity contribution in [2.45, 2.75) is 19.3 Å². The molecule has 29 heavy (non-hydrogen) atoms. The molecule has 0 radical (unpaired) electrons. The zero-order chi connectivity index (χ0) is 20.2. The summed E-state index contributed by atoms with van der Waals surface area (Å²) in [5.41, 5.74) is 1.36. The van der Waals surface area contributed by atoms with Crippen LogP contribution in [-0.4, -0.2) is 28.2 Å². The summed E-state index contributed by atoms with van der Waals surface area (Å²) in [5, 5.41) is 20.5. The Balaban J connectivity index is 1.73. The van der Waals surface area contributed by atoms with E-state index < -0.39 is 6.10 Å². The van der Waals surface area contributed by atoms with Crippen molar-refractivity contribution in [3.05, 3.63) is 87.8 Å². The highest BCUT2D eigenvalue weighted by Crippen LogP contribution is 2.37. The van der Waals surface area contributed by atoms with Crippen LogP contribution in [0.15, 0.2) is 65.6 Å². The summed E-state index contributed by atoms with van der Waals surface area (Å²) in [5.74, 6) is 1.18. The highest BCUT2D eigenvalue weighted by atomic mass is 16.7. The Morgan fingerprint density at radius 1 is 1.07 bits per heavy atom. The Labute approximate surface area is 167 Å². The van der Waals surface area contributed by atoms with E-state index in [1.54, 1.807) is 29.0 Å². The summed E-state index contributed by atoms with van der Waals surface area (Å²) in [6.45, 7) is 0.363. The lowest BCUT2D eigenvalue weighted by atomic mass is 10.0. The van der Waals surface area contributed by atoms with Gasteiger partial charge in [-0.3, -0.25) is 4.79 Å². The molecule has 4 rings (SSSR count). The average molecular weight is 395 g/mol. The first-order valence-electron chi connectivity index (χ1n) is 9.26. The number of pyridine rings is 1. The summed E-state index contributed by atoms with van der Waals surface area (Å²) in [6.07, 6.45) is 0.384. The number of benzene rings is 2. The van der Waals surface area contributed by atoms with Crippen molar-refractivity contribution in [1.29, 1.82) is 0 Å². The van der Waals surface area contributed by atoms with Gasteiger partial charge in [0.25, 0.3) is 0 Å². The molecule has 1 unspecified atom stereocenters. The van der Waals surface area contributed by atoms with Crippen LogP contribution >= 0.6 is 0 Å². The summed E-state index contributed by atoms with van der Waals surface area (Å²) < 4.78 is 18.2. The number of ether oxygens (including phenoxy) is 3. The molecule has 1 atom stereocenters. The van der Waals surface area contributed by atoms with E-state index in [4.69, 9.17) is 14.2 Å². The third-order valence-electron chi connectivity index (χ3n) is 4.71. The predicted molar refractivity (Wildman–Crippen MR) is 105 cm³/mol. The molecule has 2 heterocycles. The van der Waals surface area contributed by atoms with E-state index in [0.29, 0.717) is 17.1 Å². The van der Waals surface area contributed by atoms with E-state index in [1.165, 1.54) is 6.07 Å². The Morgan fingerprint density at radius 3 is 2.66 bits per heavy atom. The fourth-order valence-electron chi connectivity index (χ4n) is 3.27. The van der Waals surface area contributed by atoms with Crippen molar-refractivity contribution in [2.75, 3.05) is 13.4 Å². The highest BCUT2D eigenvalue weighted by molar-refractivity contribution is 5.47. The normalized spacial score (nSPS) is 13.3. The third-order valence-corrected chi connectivity index (χ3v) is 4.71. The molecule has 150 valence electrons. The van der Waals surface area contributed by atoms with E-state index in [0.717, 1.165) is 5.56 Å². The minimum Gasteiger partial charge on any atom is -0.483 e. The molecule has 0 fully saturated rings. The van der Waals surface area contributed by atoms with Gasteiger partial charge >= 0.3 is 0 Å². The third kappa shape index (κ3) is 3.96. The molecule has 1 aliphatic heterocycles. The predicted octanol–water partition coefficient (Wildman–Crippen LogP) is 2.23. The van der Waals surface area contributed by atoms with Crippen molar-refractivity contribution in [3.8, 4) is 17.2 Å². The summed E-state index contributed by atoms with van der Waals surface area (Å²) in [4.78, 5) is 12.6. The summed E-state index contributed by atoms with van der Waals surface area (Å²) >= 11 is 0. The smallest absolute Gasteiger partial charge is 0.231 e. The van der Waals surface area contributed by atoms with E-state index >= 15 is 0 Å². The van der Waals surface area contributed by atoms with Crippen LogP contribution in [0.5, 0.6) is 17.2 Å². The first kappa shape index (κ1) is 19.0. The summed E-state index contributed by atoms with van der Waals surface area (Å²) in [7, 11) is 0. The zero-order valence-electron chi connectivity index (χ0n) is 15.7. The molecule has 0 bridgehead atoms. The second-order valence-corrected chi connectivity index (χ2v) is 6.60. The van der Waals surface area contributed by atoms with Crippen molar-refractivity contribution in [1.82, 2.24) is 4.57 Å². The molecule has 0 spiro atoms. The number of hydrogen-bond donors (Lipinski definition) is 2. The molecule has 2 aromatic carbocycles. The first-order valence-corrected chi connectivity index (χ1v) is 9.26. The van der Waals surface area contributed by atoms with Crippen molar-refractivity contribution in [3.63, 3.8) is 0 Å². The minimum absolute atomic E-state index is 0.0509. The number of rotatable bonds is 7. The maximum absolute atomic E-state index is 12.6. The van der Waals surface area contributed by atoms with Gasteiger partial charge in [0, 0.05) is 18.8 Å². The number of aromatic nitrogens is 1. The SMILES string of the molecule is O=c1ccn(CCO)c(C(O)c2ccc3c(c2)OCO3)c1OCc1ccccc1. The molecule has 2 N–H and O–H groups in total. The van der Waals surface area contributed by atoms with Crippen molar-refractivity contribution < 1.29 is 24.4 Å². The van der Waals surface area contributed by atoms with E-state index in [-0.39, 0.29) is 43.4 Å². The first-order chi connectivity index (χ1) is 14.2. The molecule has 0 amide bonds. The van der Waals surface area contributed by atoms with Gasteiger partial charge in [-0.05, 0) is 23.3 Å². The fraction of sp³-hybridized carbons (Fsp3) is 0.227. The number of fused-ring (bicyclic) bond motifs is 1. The lowest BCUT2D eigenvalue weighted by Crippen LogP contribution is -2.21. The fourth-order valence-corrected chi connectivity index (χ4v) is 3.27.